The lowest BCUT2D eigenvalue weighted by atomic mass is 9.89. The fraction of sp³-hybridized carbons (Fsp3) is 0.500. The summed E-state index contributed by atoms with van der Waals surface area (Å²) in [5.74, 6) is 0.501. The van der Waals surface area contributed by atoms with Crippen molar-refractivity contribution in [1.29, 1.82) is 0 Å². The largest absolute Gasteiger partial charge is 0.396 e. The van der Waals surface area contributed by atoms with E-state index in [4.69, 9.17) is 22.4 Å². The van der Waals surface area contributed by atoms with Gasteiger partial charge in [0.15, 0.2) is 0 Å². The predicted molar refractivity (Wildman–Crippen MR) is 64.0 cm³/mol. The maximum Gasteiger partial charge on any atom is 0.0474 e. The summed E-state index contributed by atoms with van der Waals surface area (Å²) in [6.45, 7) is 2.75. The first-order valence-electron chi connectivity index (χ1n) is 5.23. The van der Waals surface area contributed by atoms with Crippen LogP contribution in [0, 0.1) is 11.8 Å². The van der Waals surface area contributed by atoms with Gasteiger partial charge in [-0.05, 0) is 36.4 Å². The van der Waals surface area contributed by atoms with Crippen LogP contribution in [-0.2, 0) is 6.42 Å². The highest BCUT2D eigenvalue weighted by atomic mass is 35.5. The molecule has 0 amide bonds. The van der Waals surface area contributed by atoms with Crippen molar-refractivity contribution >= 4 is 11.6 Å². The third-order valence-corrected chi connectivity index (χ3v) is 3.21. The topological polar surface area (TPSA) is 46.2 Å². The summed E-state index contributed by atoms with van der Waals surface area (Å²) in [5, 5.41) is 9.92. The third kappa shape index (κ3) is 3.49. The van der Waals surface area contributed by atoms with Crippen LogP contribution in [0.15, 0.2) is 24.3 Å². The zero-order valence-corrected chi connectivity index (χ0v) is 9.74. The molecular formula is C12H18ClNO. The zero-order valence-electron chi connectivity index (χ0n) is 8.99. The molecule has 0 aliphatic heterocycles. The van der Waals surface area contributed by atoms with Gasteiger partial charge in [0.1, 0.15) is 0 Å². The number of aliphatic hydroxyl groups excluding tert-OH is 1. The minimum Gasteiger partial charge on any atom is -0.396 e. The highest BCUT2D eigenvalue weighted by Crippen LogP contribution is 2.22. The molecule has 3 heteroatoms. The standard InChI is InChI=1S/C12H18ClNO/c1-9(11(7-14)8-15)6-10-4-2-3-5-12(10)13/h2-5,9,11,15H,6-8,14H2,1H3. The summed E-state index contributed by atoms with van der Waals surface area (Å²) in [4.78, 5) is 0. The van der Waals surface area contributed by atoms with E-state index in [0.29, 0.717) is 12.5 Å². The van der Waals surface area contributed by atoms with Crippen molar-refractivity contribution in [2.24, 2.45) is 17.6 Å². The molecule has 0 bridgehead atoms. The van der Waals surface area contributed by atoms with Crippen molar-refractivity contribution in [1.82, 2.24) is 0 Å². The van der Waals surface area contributed by atoms with Crippen molar-refractivity contribution in [3.8, 4) is 0 Å². The van der Waals surface area contributed by atoms with Crippen molar-refractivity contribution in [2.45, 2.75) is 13.3 Å². The first-order chi connectivity index (χ1) is 7.19. The summed E-state index contributed by atoms with van der Waals surface area (Å²) >= 11 is 6.07. The van der Waals surface area contributed by atoms with Crippen LogP contribution in [0.1, 0.15) is 12.5 Å². The molecule has 0 saturated heterocycles. The summed E-state index contributed by atoms with van der Waals surface area (Å²) in [6, 6.07) is 7.80. The van der Waals surface area contributed by atoms with Crippen molar-refractivity contribution in [3.63, 3.8) is 0 Å². The number of hydrogen-bond acceptors (Lipinski definition) is 2. The lowest BCUT2D eigenvalue weighted by Gasteiger charge is -2.20. The lowest BCUT2D eigenvalue weighted by Crippen LogP contribution is -2.26. The van der Waals surface area contributed by atoms with Crippen LogP contribution in [0.2, 0.25) is 5.02 Å². The maximum absolute atomic E-state index is 9.13. The Bertz CT molecular complexity index is 299. The number of rotatable bonds is 5. The van der Waals surface area contributed by atoms with Gasteiger partial charge in [-0.3, -0.25) is 0 Å². The first kappa shape index (κ1) is 12.5. The number of halogens is 1. The molecule has 0 aliphatic rings. The van der Waals surface area contributed by atoms with E-state index in [9.17, 15) is 0 Å². The predicted octanol–water partition coefficient (Wildman–Crippen LogP) is 2.09. The Morgan fingerprint density at radius 3 is 2.60 bits per heavy atom. The molecule has 0 heterocycles. The van der Waals surface area contributed by atoms with E-state index in [1.807, 2.05) is 24.3 Å². The van der Waals surface area contributed by atoms with E-state index >= 15 is 0 Å². The van der Waals surface area contributed by atoms with E-state index in [1.54, 1.807) is 0 Å². The average molecular weight is 228 g/mol. The first-order valence-corrected chi connectivity index (χ1v) is 5.61. The second-order valence-corrected chi connectivity index (χ2v) is 4.36. The number of aliphatic hydroxyl groups is 1. The molecule has 0 fully saturated rings. The van der Waals surface area contributed by atoms with Gasteiger partial charge in [-0.1, -0.05) is 36.7 Å². The Labute approximate surface area is 96.1 Å². The molecule has 1 rings (SSSR count). The van der Waals surface area contributed by atoms with Gasteiger partial charge in [0.05, 0.1) is 0 Å². The quantitative estimate of drug-likeness (QED) is 0.809. The Morgan fingerprint density at radius 1 is 1.40 bits per heavy atom. The summed E-state index contributed by atoms with van der Waals surface area (Å²) < 4.78 is 0. The zero-order chi connectivity index (χ0) is 11.3. The maximum atomic E-state index is 9.13. The van der Waals surface area contributed by atoms with Gasteiger partial charge in [0.2, 0.25) is 0 Å². The molecular weight excluding hydrogens is 210 g/mol. The minimum atomic E-state index is 0.141. The number of benzene rings is 1. The fourth-order valence-electron chi connectivity index (χ4n) is 1.66. The molecule has 15 heavy (non-hydrogen) atoms. The van der Waals surface area contributed by atoms with Crippen molar-refractivity contribution < 1.29 is 5.11 Å². The van der Waals surface area contributed by atoms with Crippen LogP contribution in [-0.4, -0.2) is 18.3 Å². The highest BCUT2D eigenvalue weighted by molar-refractivity contribution is 6.31. The Balaban J connectivity index is 2.65. The molecule has 3 N–H and O–H groups in total. The molecule has 0 aromatic heterocycles. The Hall–Kier alpha value is -0.570. The summed E-state index contributed by atoms with van der Waals surface area (Å²) in [6.07, 6.45) is 0.863. The second-order valence-electron chi connectivity index (χ2n) is 3.95. The van der Waals surface area contributed by atoms with Crippen molar-refractivity contribution in [2.75, 3.05) is 13.2 Å². The van der Waals surface area contributed by atoms with Crippen LogP contribution in [0.5, 0.6) is 0 Å². The van der Waals surface area contributed by atoms with Crippen LogP contribution in [0.4, 0.5) is 0 Å². The molecule has 0 spiro atoms. The van der Waals surface area contributed by atoms with Gasteiger partial charge in [-0.15, -0.1) is 0 Å². The smallest absolute Gasteiger partial charge is 0.0474 e. The SMILES string of the molecule is CC(Cc1ccccc1Cl)C(CN)CO. The Morgan fingerprint density at radius 2 is 2.07 bits per heavy atom. The molecule has 2 nitrogen and oxygen atoms in total. The normalized spacial score (nSPS) is 14.9. The van der Waals surface area contributed by atoms with E-state index in [-0.39, 0.29) is 12.5 Å². The van der Waals surface area contributed by atoms with E-state index < -0.39 is 0 Å². The molecule has 0 aliphatic carbocycles. The molecule has 2 unspecified atom stereocenters. The molecule has 1 aromatic carbocycles. The van der Waals surface area contributed by atoms with Gasteiger partial charge in [0, 0.05) is 11.6 Å². The summed E-state index contributed by atoms with van der Waals surface area (Å²) in [7, 11) is 0. The number of nitrogens with two attached hydrogens (primary N) is 1. The third-order valence-electron chi connectivity index (χ3n) is 2.84. The molecule has 2 atom stereocenters. The van der Waals surface area contributed by atoms with Gasteiger partial charge >= 0.3 is 0 Å². The van der Waals surface area contributed by atoms with E-state index in [0.717, 1.165) is 17.0 Å². The van der Waals surface area contributed by atoms with E-state index in [2.05, 4.69) is 6.92 Å². The van der Waals surface area contributed by atoms with Gasteiger partial charge in [-0.2, -0.15) is 0 Å². The van der Waals surface area contributed by atoms with Crippen LogP contribution < -0.4 is 5.73 Å². The molecule has 0 radical (unpaired) electrons. The molecule has 0 saturated carbocycles. The molecule has 1 aromatic rings. The fourth-order valence-corrected chi connectivity index (χ4v) is 1.88. The van der Waals surface area contributed by atoms with Crippen molar-refractivity contribution in [3.05, 3.63) is 34.9 Å². The van der Waals surface area contributed by atoms with Crippen LogP contribution >= 0.6 is 11.6 Å². The average Bonchev–Trinajstić information content (AvgIpc) is 2.23. The van der Waals surface area contributed by atoms with Gasteiger partial charge in [-0.25, -0.2) is 0 Å². The summed E-state index contributed by atoms with van der Waals surface area (Å²) in [5.41, 5.74) is 6.71. The minimum absolute atomic E-state index is 0.141. The van der Waals surface area contributed by atoms with Gasteiger partial charge < -0.3 is 10.8 Å². The number of hydrogen-bond donors (Lipinski definition) is 2. The van der Waals surface area contributed by atoms with Crippen LogP contribution in [0.25, 0.3) is 0 Å². The molecule has 84 valence electrons. The second kappa shape index (κ2) is 6.11. The van der Waals surface area contributed by atoms with E-state index in [1.165, 1.54) is 0 Å². The van der Waals surface area contributed by atoms with Crippen LogP contribution in [0.3, 0.4) is 0 Å². The van der Waals surface area contributed by atoms with Gasteiger partial charge in [0.25, 0.3) is 0 Å². The highest BCUT2D eigenvalue weighted by Gasteiger charge is 2.16. The monoisotopic (exact) mass is 227 g/mol. The Kier molecular flexibility index (Phi) is 5.09. The lowest BCUT2D eigenvalue weighted by molar-refractivity contribution is 0.187.